The fourth-order valence-corrected chi connectivity index (χ4v) is 3.17. The molecule has 0 aliphatic rings. The summed E-state index contributed by atoms with van der Waals surface area (Å²) in [5.41, 5.74) is 2.51. The highest BCUT2D eigenvalue weighted by Gasteiger charge is 2.10. The zero-order valence-corrected chi connectivity index (χ0v) is 15.8. The normalized spacial score (nSPS) is 15.8. The van der Waals surface area contributed by atoms with Crippen molar-refractivity contribution in [3.8, 4) is 0 Å². The second-order valence-electron chi connectivity index (χ2n) is 6.35. The number of carbonyl (C=O) groups excluding carboxylic acids is 1. The molecule has 0 saturated carbocycles. The van der Waals surface area contributed by atoms with Crippen molar-refractivity contribution in [1.82, 2.24) is 0 Å². The number of hydrogen-bond donors (Lipinski definition) is 0. The first kappa shape index (κ1) is 21.1. The first-order valence-electron chi connectivity index (χ1n) is 7.98. The van der Waals surface area contributed by atoms with Gasteiger partial charge in [-0.2, -0.15) is 0 Å². The maximum atomic E-state index is 11.8. The lowest BCUT2D eigenvalue weighted by molar-refractivity contribution is -0.141. The molecule has 3 unspecified atom stereocenters. The van der Waals surface area contributed by atoms with Crippen molar-refractivity contribution in [3.05, 3.63) is 23.3 Å². The molecule has 0 N–H and O–H groups in total. The summed E-state index contributed by atoms with van der Waals surface area (Å²) in [7, 11) is -0.833. The molecular formula is C18H32O3S. The van der Waals surface area contributed by atoms with Gasteiger partial charge in [-0.05, 0) is 52.4 Å². The average Bonchev–Trinajstić information content (AvgIpc) is 2.36. The van der Waals surface area contributed by atoms with Crippen molar-refractivity contribution in [2.45, 2.75) is 65.6 Å². The summed E-state index contributed by atoms with van der Waals surface area (Å²) in [4.78, 5) is 10.7. The minimum atomic E-state index is -0.833. The summed E-state index contributed by atoms with van der Waals surface area (Å²) >= 11 is 0. The molecule has 0 aliphatic carbocycles. The molecule has 3 atom stereocenters. The molecule has 4 heteroatoms. The highest BCUT2D eigenvalue weighted by Crippen LogP contribution is 2.16. The van der Waals surface area contributed by atoms with E-state index < -0.39 is 10.8 Å². The summed E-state index contributed by atoms with van der Waals surface area (Å²) in [6.07, 6.45) is 10.00. The molecule has 128 valence electrons. The van der Waals surface area contributed by atoms with Gasteiger partial charge in [0.05, 0.1) is 11.9 Å². The van der Waals surface area contributed by atoms with Crippen LogP contribution in [-0.4, -0.2) is 28.3 Å². The van der Waals surface area contributed by atoms with Crippen LogP contribution in [0.1, 0.15) is 60.3 Å². The van der Waals surface area contributed by atoms with Crippen LogP contribution in [0.15, 0.2) is 23.3 Å². The van der Waals surface area contributed by atoms with Gasteiger partial charge in [0.25, 0.3) is 0 Å². The van der Waals surface area contributed by atoms with Crippen LogP contribution in [0.5, 0.6) is 0 Å². The van der Waals surface area contributed by atoms with Crippen molar-refractivity contribution in [2.24, 2.45) is 5.92 Å². The van der Waals surface area contributed by atoms with Gasteiger partial charge in [0.1, 0.15) is 0 Å². The molecule has 0 spiro atoms. The van der Waals surface area contributed by atoms with E-state index in [1.165, 1.54) is 18.1 Å². The molecule has 0 radical (unpaired) electrons. The van der Waals surface area contributed by atoms with Crippen molar-refractivity contribution in [1.29, 1.82) is 0 Å². The van der Waals surface area contributed by atoms with Gasteiger partial charge in [0.2, 0.25) is 0 Å². The molecule has 3 nitrogen and oxygen atoms in total. The average molecular weight is 329 g/mol. The van der Waals surface area contributed by atoms with Gasteiger partial charge in [-0.25, -0.2) is 0 Å². The van der Waals surface area contributed by atoms with Crippen LogP contribution in [0.4, 0.5) is 0 Å². The van der Waals surface area contributed by atoms with Gasteiger partial charge >= 0.3 is 5.97 Å². The van der Waals surface area contributed by atoms with Gasteiger partial charge in [-0.15, -0.1) is 0 Å². The predicted octanol–water partition coefficient (Wildman–Crippen LogP) is 4.41. The largest absolute Gasteiger partial charge is 0.466 e. The fraction of sp³-hybridized carbons (Fsp3) is 0.722. The molecule has 0 fully saturated rings. The van der Waals surface area contributed by atoms with Crippen molar-refractivity contribution in [2.75, 3.05) is 12.9 Å². The monoisotopic (exact) mass is 328 g/mol. The number of esters is 1. The number of hydrogen-bond acceptors (Lipinski definition) is 3. The fourth-order valence-electron chi connectivity index (χ4n) is 2.21. The smallest absolute Gasteiger partial charge is 0.302 e. The summed E-state index contributed by atoms with van der Waals surface area (Å²) < 4.78 is 16.7. The number of ether oxygens (including phenoxy) is 1. The van der Waals surface area contributed by atoms with Crippen molar-refractivity contribution >= 4 is 16.8 Å². The highest BCUT2D eigenvalue weighted by molar-refractivity contribution is 7.85. The van der Waals surface area contributed by atoms with E-state index in [0.29, 0.717) is 12.5 Å². The van der Waals surface area contributed by atoms with E-state index in [1.807, 2.05) is 13.8 Å². The zero-order chi connectivity index (χ0) is 17.1. The second kappa shape index (κ2) is 11.6. The second-order valence-corrected chi connectivity index (χ2v) is 7.95. The zero-order valence-electron chi connectivity index (χ0n) is 15.0. The Kier molecular flexibility index (Phi) is 11.2. The Balaban J connectivity index is 4.18. The minimum absolute atomic E-state index is 0.114. The molecular weight excluding hydrogens is 296 g/mol. The van der Waals surface area contributed by atoms with Crippen LogP contribution in [0.2, 0.25) is 0 Å². The van der Waals surface area contributed by atoms with Gasteiger partial charge in [0.15, 0.2) is 0 Å². The molecule has 0 aromatic carbocycles. The Morgan fingerprint density at radius 1 is 1.18 bits per heavy atom. The lowest BCUT2D eigenvalue weighted by Gasteiger charge is -2.12. The molecule has 0 aromatic rings. The van der Waals surface area contributed by atoms with Crippen molar-refractivity contribution in [3.63, 3.8) is 0 Å². The van der Waals surface area contributed by atoms with Crippen molar-refractivity contribution < 1.29 is 13.7 Å². The Morgan fingerprint density at radius 3 is 2.32 bits per heavy atom. The molecule has 22 heavy (non-hydrogen) atoms. The van der Waals surface area contributed by atoms with Crippen LogP contribution in [0.25, 0.3) is 0 Å². The Morgan fingerprint density at radius 2 is 1.82 bits per heavy atom. The molecule has 0 rings (SSSR count). The first-order chi connectivity index (χ1) is 10.2. The molecule has 0 aromatic heterocycles. The number of allylic oxidation sites excluding steroid dienone is 3. The molecule has 0 aliphatic heterocycles. The summed E-state index contributed by atoms with van der Waals surface area (Å²) in [5.74, 6) is 0.332. The van der Waals surface area contributed by atoms with Gasteiger partial charge in [0, 0.05) is 24.0 Å². The SMILES string of the molecule is CC(=O)OCCC(C)CC/C=C(/C)CC(C=C(C)C)S(C)=O. The lowest BCUT2D eigenvalue weighted by Crippen LogP contribution is -2.12. The standard InChI is InChI=1S/C18H32O3S/c1-14(2)12-18(22(6)20)13-16(4)9-7-8-15(3)10-11-21-17(5)19/h9,12,15,18H,7-8,10-11,13H2,1-6H3/b16-9-. The summed E-state index contributed by atoms with van der Waals surface area (Å²) in [6, 6.07) is 0. The lowest BCUT2D eigenvalue weighted by atomic mass is 10.0. The third kappa shape index (κ3) is 11.7. The van der Waals surface area contributed by atoms with E-state index in [9.17, 15) is 9.00 Å². The van der Waals surface area contributed by atoms with E-state index >= 15 is 0 Å². The third-order valence-corrected chi connectivity index (χ3v) is 4.69. The van der Waals surface area contributed by atoms with E-state index in [-0.39, 0.29) is 11.2 Å². The third-order valence-electron chi connectivity index (χ3n) is 3.54. The predicted molar refractivity (Wildman–Crippen MR) is 95.3 cm³/mol. The quantitative estimate of drug-likeness (QED) is 0.441. The Bertz CT molecular complexity index is 420. The summed E-state index contributed by atoms with van der Waals surface area (Å²) in [5, 5.41) is 0.114. The van der Waals surface area contributed by atoms with E-state index in [0.717, 1.165) is 25.7 Å². The maximum absolute atomic E-state index is 11.8. The molecule has 0 amide bonds. The van der Waals surface area contributed by atoms with Gasteiger partial charge in [-0.3, -0.25) is 9.00 Å². The Labute approximate surface area is 138 Å². The summed E-state index contributed by atoms with van der Waals surface area (Å²) in [6.45, 7) is 10.3. The van der Waals surface area contributed by atoms with Crippen LogP contribution in [0.3, 0.4) is 0 Å². The van der Waals surface area contributed by atoms with Crippen LogP contribution >= 0.6 is 0 Å². The van der Waals surface area contributed by atoms with Crippen LogP contribution in [0, 0.1) is 5.92 Å². The topological polar surface area (TPSA) is 43.4 Å². The van der Waals surface area contributed by atoms with E-state index in [4.69, 9.17) is 4.74 Å². The molecule has 0 saturated heterocycles. The van der Waals surface area contributed by atoms with Gasteiger partial charge in [-0.1, -0.05) is 30.2 Å². The highest BCUT2D eigenvalue weighted by atomic mass is 32.2. The first-order valence-corrected chi connectivity index (χ1v) is 9.60. The van der Waals surface area contributed by atoms with Crippen LogP contribution < -0.4 is 0 Å². The minimum Gasteiger partial charge on any atom is -0.466 e. The van der Waals surface area contributed by atoms with E-state index in [1.54, 1.807) is 6.26 Å². The molecule has 0 bridgehead atoms. The Hall–Kier alpha value is -0.900. The number of carbonyl (C=O) groups is 1. The van der Waals surface area contributed by atoms with Crippen LogP contribution in [-0.2, 0) is 20.3 Å². The maximum Gasteiger partial charge on any atom is 0.302 e. The van der Waals surface area contributed by atoms with Gasteiger partial charge < -0.3 is 4.74 Å². The molecule has 0 heterocycles. The van der Waals surface area contributed by atoms with E-state index in [2.05, 4.69) is 26.0 Å². The number of rotatable bonds is 10.